The molecule has 16 heavy (non-hydrogen) atoms. The summed E-state index contributed by atoms with van der Waals surface area (Å²) in [6.07, 6.45) is 4.57. The van der Waals surface area contributed by atoms with Crippen molar-refractivity contribution in [1.82, 2.24) is 4.98 Å². The van der Waals surface area contributed by atoms with E-state index in [0.717, 1.165) is 18.7 Å². The Hall–Kier alpha value is -1.60. The molecule has 0 aromatic carbocycles. The van der Waals surface area contributed by atoms with Crippen molar-refractivity contribution >= 4 is 5.82 Å². The fraction of sp³-hybridized carbons (Fsp3) is 0.500. The standard InChI is InChI=1S/C12H16N4/c13-8-9-4-3-7-12(15-9)16-11-6-2-1-5-10(11)14/h3-4,7,10-11H,1-2,5-6,14H2,(H,15,16)/t10-,11-/m1/s1. The van der Waals surface area contributed by atoms with E-state index in [-0.39, 0.29) is 12.1 Å². The number of nitriles is 1. The van der Waals surface area contributed by atoms with Crippen molar-refractivity contribution < 1.29 is 0 Å². The van der Waals surface area contributed by atoms with Gasteiger partial charge in [0.25, 0.3) is 0 Å². The summed E-state index contributed by atoms with van der Waals surface area (Å²) < 4.78 is 0. The zero-order valence-electron chi connectivity index (χ0n) is 9.19. The first-order valence-electron chi connectivity index (χ1n) is 5.69. The van der Waals surface area contributed by atoms with Crippen LogP contribution in [0.15, 0.2) is 18.2 Å². The van der Waals surface area contributed by atoms with Crippen molar-refractivity contribution in [3.63, 3.8) is 0 Å². The summed E-state index contributed by atoms with van der Waals surface area (Å²) in [5.74, 6) is 0.751. The second-order valence-electron chi connectivity index (χ2n) is 4.22. The Kier molecular flexibility index (Phi) is 3.37. The number of nitrogens with one attached hydrogen (secondary N) is 1. The van der Waals surface area contributed by atoms with Crippen LogP contribution in [0.3, 0.4) is 0 Å². The molecule has 1 fully saturated rings. The fourth-order valence-electron chi connectivity index (χ4n) is 2.11. The third-order valence-electron chi connectivity index (χ3n) is 3.02. The molecule has 0 spiro atoms. The molecule has 1 aromatic heterocycles. The van der Waals surface area contributed by atoms with Gasteiger partial charge in [-0.15, -0.1) is 0 Å². The first-order valence-corrected chi connectivity index (χ1v) is 5.69. The number of rotatable bonds is 2. The number of nitrogens with zero attached hydrogens (tertiary/aromatic N) is 2. The molecule has 0 unspecified atom stereocenters. The van der Waals surface area contributed by atoms with Gasteiger partial charge in [-0.3, -0.25) is 0 Å². The van der Waals surface area contributed by atoms with Gasteiger partial charge in [-0.05, 0) is 25.0 Å². The molecule has 1 aromatic rings. The quantitative estimate of drug-likeness (QED) is 0.788. The van der Waals surface area contributed by atoms with Gasteiger partial charge in [0, 0.05) is 12.1 Å². The molecular weight excluding hydrogens is 200 g/mol. The van der Waals surface area contributed by atoms with Crippen LogP contribution in [-0.4, -0.2) is 17.1 Å². The lowest BCUT2D eigenvalue weighted by molar-refractivity contribution is 0.403. The van der Waals surface area contributed by atoms with Gasteiger partial charge in [-0.1, -0.05) is 18.9 Å². The van der Waals surface area contributed by atoms with E-state index in [1.165, 1.54) is 12.8 Å². The van der Waals surface area contributed by atoms with Gasteiger partial charge in [0.15, 0.2) is 0 Å². The summed E-state index contributed by atoms with van der Waals surface area (Å²) >= 11 is 0. The molecule has 4 nitrogen and oxygen atoms in total. The molecule has 0 radical (unpaired) electrons. The summed E-state index contributed by atoms with van der Waals surface area (Å²) in [6.45, 7) is 0. The lowest BCUT2D eigenvalue weighted by Gasteiger charge is -2.29. The Labute approximate surface area is 95.5 Å². The molecule has 84 valence electrons. The summed E-state index contributed by atoms with van der Waals surface area (Å²) in [5, 5.41) is 12.1. The number of anilines is 1. The zero-order valence-corrected chi connectivity index (χ0v) is 9.19. The molecule has 1 aliphatic rings. The maximum absolute atomic E-state index is 8.75. The molecule has 0 amide bonds. The molecule has 1 saturated carbocycles. The van der Waals surface area contributed by atoms with Crippen LogP contribution < -0.4 is 11.1 Å². The van der Waals surface area contributed by atoms with E-state index in [9.17, 15) is 0 Å². The van der Waals surface area contributed by atoms with Crippen LogP contribution in [0.25, 0.3) is 0 Å². The molecule has 0 aliphatic heterocycles. The minimum Gasteiger partial charge on any atom is -0.366 e. The Morgan fingerprint density at radius 3 is 2.94 bits per heavy atom. The number of hydrogen-bond acceptors (Lipinski definition) is 4. The monoisotopic (exact) mass is 216 g/mol. The molecule has 3 N–H and O–H groups in total. The van der Waals surface area contributed by atoms with Crippen LogP contribution in [0.2, 0.25) is 0 Å². The molecule has 1 heterocycles. The van der Waals surface area contributed by atoms with E-state index in [4.69, 9.17) is 11.0 Å². The van der Waals surface area contributed by atoms with Gasteiger partial charge >= 0.3 is 0 Å². The molecule has 2 atom stereocenters. The van der Waals surface area contributed by atoms with Crippen molar-refractivity contribution in [2.75, 3.05) is 5.32 Å². The van der Waals surface area contributed by atoms with E-state index in [1.807, 2.05) is 18.2 Å². The Balaban J connectivity index is 2.05. The van der Waals surface area contributed by atoms with Gasteiger partial charge in [0.1, 0.15) is 17.6 Å². The molecule has 1 aliphatic carbocycles. The lowest BCUT2D eigenvalue weighted by atomic mass is 9.91. The number of pyridine rings is 1. The highest BCUT2D eigenvalue weighted by Gasteiger charge is 2.21. The van der Waals surface area contributed by atoms with Crippen molar-refractivity contribution in [1.29, 1.82) is 5.26 Å². The van der Waals surface area contributed by atoms with Crippen LogP contribution in [0.4, 0.5) is 5.82 Å². The minimum atomic E-state index is 0.196. The normalized spacial score (nSPS) is 24.8. The topological polar surface area (TPSA) is 74.7 Å². The highest BCUT2D eigenvalue weighted by molar-refractivity contribution is 5.39. The predicted molar refractivity (Wildman–Crippen MR) is 62.8 cm³/mol. The van der Waals surface area contributed by atoms with Crippen molar-refractivity contribution in [2.24, 2.45) is 5.73 Å². The van der Waals surface area contributed by atoms with Gasteiger partial charge < -0.3 is 11.1 Å². The van der Waals surface area contributed by atoms with Crippen LogP contribution in [0.1, 0.15) is 31.4 Å². The van der Waals surface area contributed by atoms with E-state index in [2.05, 4.69) is 10.3 Å². The fourth-order valence-corrected chi connectivity index (χ4v) is 2.11. The average Bonchev–Trinajstić information content (AvgIpc) is 2.32. The first kappa shape index (κ1) is 10.9. The van der Waals surface area contributed by atoms with Crippen molar-refractivity contribution in [3.8, 4) is 6.07 Å². The Morgan fingerprint density at radius 1 is 1.38 bits per heavy atom. The highest BCUT2D eigenvalue weighted by atomic mass is 15.0. The highest BCUT2D eigenvalue weighted by Crippen LogP contribution is 2.20. The summed E-state index contributed by atoms with van der Waals surface area (Å²) in [4.78, 5) is 4.19. The Morgan fingerprint density at radius 2 is 2.19 bits per heavy atom. The van der Waals surface area contributed by atoms with E-state index in [1.54, 1.807) is 6.07 Å². The Bertz CT molecular complexity index is 396. The van der Waals surface area contributed by atoms with E-state index < -0.39 is 0 Å². The largest absolute Gasteiger partial charge is 0.366 e. The molecule has 0 saturated heterocycles. The van der Waals surface area contributed by atoms with Gasteiger partial charge in [-0.2, -0.15) is 5.26 Å². The van der Waals surface area contributed by atoms with Gasteiger partial charge in [0.05, 0.1) is 0 Å². The first-order chi connectivity index (χ1) is 7.79. The maximum atomic E-state index is 8.75. The van der Waals surface area contributed by atoms with Crippen molar-refractivity contribution in [2.45, 2.75) is 37.8 Å². The smallest absolute Gasteiger partial charge is 0.142 e. The third kappa shape index (κ3) is 2.50. The lowest BCUT2D eigenvalue weighted by Crippen LogP contribution is -2.42. The summed E-state index contributed by atoms with van der Waals surface area (Å²) in [7, 11) is 0. The van der Waals surface area contributed by atoms with Gasteiger partial charge in [-0.25, -0.2) is 4.98 Å². The maximum Gasteiger partial charge on any atom is 0.142 e. The second kappa shape index (κ2) is 4.95. The minimum absolute atomic E-state index is 0.196. The van der Waals surface area contributed by atoms with E-state index >= 15 is 0 Å². The summed E-state index contributed by atoms with van der Waals surface area (Å²) in [6, 6.07) is 7.93. The molecule has 2 rings (SSSR count). The van der Waals surface area contributed by atoms with Gasteiger partial charge in [0.2, 0.25) is 0 Å². The molecular formula is C12H16N4. The number of nitrogens with two attached hydrogens (primary N) is 1. The van der Waals surface area contributed by atoms with Crippen LogP contribution in [-0.2, 0) is 0 Å². The van der Waals surface area contributed by atoms with Crippen LogP contribution in [0.5, 0.6) is 0 Å². The number of hydrogen-bond donors (Lipinski definition) is 2. The second-order valence-corrected chi connectivity index (χ2v) is 4.22. The van der Waals surface area contributed by atoms with Crippen LogP contribution in [0, 0.1) is 11.3 Å². The molecule has 0 bridgehead atoms. The average molecular weight is 216 g/mol. The van der Waals surface area contributed by atoms with E-state index in [0.29, 0.717) is 5.69 Å². The number of aromatic nitrogens is 1. The summed E-state index contributed by atoms with van der Waals surface area (Å²) in [5.41, 5.74) is 6.48. The molecule has 4 heteroatoms. The third-order valence-corrected chi connectivity index (χ3v) is 3.02. The SMILES string of the molecule is N#Cc1cccc(N[C@@H]2CCCC[C@H]2N)n1. The van der Waals surface area contributed by atoms with Crippen molar-refractivity contribution in [3.05, 3.63) is 23.9 Å². The van der Waals surface area contributed by atoms with Crippen LogP contribution >= 0.6 is 0 Å². The zero-order chi connectivity index (χ0) is 11.4. The predicted octanol–water partition coefficient (Wildman–Crippen LogP) is 1.64.